The molecular weight excluding hydrogens is 276 g/mol. The summed E-state index contributed by atoms with van der Waals surface area (Å²) in [5, 5.41) is 17.4. The maximum absolute atomic E-state index is 11.7. The van der Waals surface area contributed by atoms with Gasteiger partial charge >= 0.3 is 12.0 Å². The van der Waals surface area contributed by atoms with Crippen LogP contribution in [0.1, 0.15) is 33.6 Å². The third-order valence-electron chi connectivity index (χ3n) is 2.74. The van der Waals surface area contributed by atoms with Crippen LogP contribution in [0, 0.1) is 5.41 Å². The van der Waals surface area contributed by atoms with Gasteiger partial charge in [0.25, 0.3) is 0 Å². The average Bonchev–Trinajstić information content (AvgIpc) is 2.73. The van der Waals surface area contributed by atoms with E-state index < -0.39 is 23.3 Å². The Kier molecular flexibility index (Phi) is 5.45. The van der Waals surface area contributed by atoms with Gasteiger partial charge in [0, 0.05) is 19.2 Å². The van der Waals surface area contributed by atoms with E-state index in [2.05, 4.69) is 15.7 Å². The van der Waals surface area contributed by atoms with Gasteiger partial charge in [0.15, 0.2) is 0 Å². The number of rotatable bonds is 6. The normalized spacial score (nSPS) is 11.0. The topological polar surface area (TPSA) is 113 Å². The zero-order valence-electron chi connectivity index (χ0n) is 12.3. The highest BCUT2D eigenvalue weighted by Gasteiger charge is 2.26. The molecule has 21 heavy (non-hydrogen) atoms. The molecule has 0 saturated carbocycles. The third-order valence-corrected chi connectivity index (χ3v) is 2.74. The first-order valence-electron chi connectivity index (χ1n) is 6.57. The SMILES string of the molecule is CCn1cc(NC(=O)NC(=O)CC(C)(C)CC(=O)O)cn1. The van der Waals surface area contributed by atoms with E-state index in [1.807, 2.05) is 6.92 Å². The van der Waals surface area contributed by atoms with Crippen LogP contribution in [0.3, 0.4) is 0 Å². The molecular formula is C13H20N4O4. The van der Waals surface area contributed by atoms with Crippen molar-refractivity contribution < 1.29 is 19.5 Å². The minimum absolute atomic E-state index is 0.0546. The quantitative estimate of drug-likeness (QED) is 0.735. The second kappa shape index (κ2) is 6.87. The largest absolute Gasteiger partial charge is 0.481 e. The fourth-order valence-corrected chi connectivity index (χ4v) is 1.84. The average molecular weight is 296 g/mol. The Morgan fingerprint density at radius 3 is 2.52 bits per heavy atom. The monoisotopic (exact) mass is 296 g/mol. The van der Waals surface area contributed by atoms with Gasteiger partial charge in [-0.15, -0.1) is 0 Å². The van der Waals surface area contributed by atoms with Crippen molar-refractivity contribution in [2.24, 2.45) is 5.41 Å². The molecule has 8 nitrogen and oxygen atoms in total. The van der Waals surface area contributed by atoms with Crippen molar-refractivity contribution in [3.8, 4) is 0 Å². The zero-order valence-corrected chi connectivity index (χ0v) is 12.3. The summed E-state index contributed by atoms with van der Waals surface area (Å²) in [6.45, 7) is 5.89. The molecule has 8 heteroatoms. The standard InChI is InChI=1S/C13H20N4O4/c1-4-17-8-9(7-14-17)15-12(21)16-10(18)5-13(2,3)6-11(19)20/h7-8H,4-6H2,1-3H3,(H,19,20)(H2,15,16,18,21). The van der Waals surface area contributed by atoms with Gasteiger partial charge in [-0.25, -0.2) is 4.79 Å². The Hall–Kier alpha value is -2.38. The fraction of sp³-hybridized carbons (Fsp3) is 0.538. The van der Waals surface area contributed by atoms with Crippen LogP contribution >= 0.6 is 0 Å². The molecule has 0 bridgehead atoms. The van der Waals surface area contributed by atoms with Crippen LogP contribution in [0.25, 0.3) is 0 Å². The van der Waals surface area contributed by atoms with Gasteiger partial charge in [-0.1, -0.05) is 13.8 Å². The number of nitrogens with zero attached hydrogens (tertiary/aromatic N) is 2. The van der Waals surface area contributed by atoms with Gasteiger partial charge in [0.2, 0.25) is 5.91 Å². The Labute approximate surface area is 122 Å². The molecule has 0 aliphatic rings. The fourth-order valence-electron chi connectivity index (χ4n) is 1.84. The van der Waals surface area contributed by atoms with E-state index in [0.717, 1.165) is 0 Å². The number of carboxylic acids is 1. The third kappa shape index (κ3) is 6.07. The van der Waals surface area contributed by atoms with Gasteiger partial charge in [-0.05, 0) is 12.3 Å². The maximum Gasteiger partial charge on any atom is 0.325 e. The summed E-state index contributed by atoms with van der Waals surface area (Å²) < 4.78 is 1.63. The number of carboxylic acid groups (broad SMARTS) is 1. The Morgan fingerprint density at radius 2 is 2.00 bits per heavy atom. The summed E-state index contributed by atoms with van der Waals surface area (Å²) in [6.07, 6.45) is 2.91. The summed E-state index contributed by atoms with van der Waals surface area (Å²) in [4.78, 5) is 34.0. The highest BCUT2D eigenvalue weighted by atomic mass is 16.4. The van der Waals surface area contributed by atoms with Crippen LogP contribution in [0.2, 0.25) is 0 Å². The van der Waals surface area contributed by atoms with Crippen molar-refractivity contribution >= 4 is 23.6 Å². The second-order valence-electron chi connectivity index (χ2n) is 5.50. The van der Waals surface area contributed by atoms with Crippen molar-refractivity contribution in [3.63, 3.8) is 0 Å². The summed E-state index contributed by atoms with van der Waals surface area (Å²) in [5.74, 6) is -1.51. The number of nitrogens with one attached hydrogen (secondary N) is 2. The van der Waals surface area contributed by atoms with Crippen molar-refractivity contribution in [2.45, 2.75) is 40.2 Å². The first-order valence-corrected chi connectivity index (χ1v) is 6.57. The van der Waals surface area contributed by atoms with E-state index in [1.54, 1.807) is 24.7 Å². The molecule has 3 N–H and O–H groups in total. The van der Waals surface area contributed by atoms with Crippen molar-refractivity contribution in [2.75, 3.05) is 5.32 Å². The van der Waals surface area contributed by atoms with Gasteiger partial charge in [-0.2, -0.15) is 5.10 Å². The molecule has 0 radical (unpaired) electrons. The van der Waals surface area contributed by atoms with Crippen molar-refractivity contribution in [1.82, 2.24) is 15.1 Å². The smallest absolute Gasteiger partial charge is 0.325 e. The van der Waals surface area contributed by atoms with Gasteiger partial charge in [0.05, 0.1) is 18.3 Å². The van der Waals surface area contributed by atoms with Crippen LogP contribution in [0.4, 0.5) is 10.5 Å². The molecule has 3 amide bonds. The Morgan fingerprint density at radius 1 is 1.33 bits per heavy atom. The first kappa shape index (κ1) is 16.7. The van der Waals surface area contributed by atoms with Crippen molar-refractivity contribution in [3.05, 3.63) is 12.4 Å². The summed E-state index contributed by atoms with van der Waals surface area (Å²) in [7, 11) is 0. The molecule has 0 fully saturated rings. The molecule has 0 spiro atoms. The number of hydrogen-bond acceptors (Lipinski definition) is 4. The zero-order chi connectivity index (χ0) is 16.0. The second-order valence-corrected chi connectivity index (χ2v) is 5.50. The molecule has 1 heterocycles. The predicted octanol–water partition coefficient (Wildman–Crippen LogP) is 1.44. The van der Waals surface area contributed by atoms with E-state index >= 15 is 0 Å². The lowest BCUT2D eigenvalue weighted by Gasteiger charge is -2.21. The number of urea groups is 1. The number of aryl methyl sites for hydroxylation is 1. The number of carbonyl (C=O) groups excluding carboxylic acids is 2. The van der Waals surface area contributed by atoms with Crippen molar-refractivity contribution in [1.29, 1.82) is 0 Å². The molecule has 0 aromatic carbocycles. The molecule has 0 aliphatic carbocycles. The maximum atomic E-state index is 11.7. The highest BCUT2D eigenvalue weighted by Crippen LogP contribution is 2.24. The van der Waals surface area contributed by atoms with Gasteiger partial charge < -0.3 is 10.4 Å². The summed E-state index contributed by atoms with van der Waals surface area (Å²) >= 11 is 0. The molecule has 116 valence electrons. The number of anilines is 1. The number of aliphatic carboxylic acids is 1. The molecule has 1 aromatic rings. The minimum Gasteiger partial charge on any atom is -0.481 e. The van der Waals surface area contributed by atoms with E-state index in [0.29, 0.717) is 12.2 Å². The molecule has 0 atom stereocenters. The lowest BCUT2D eigenvalue weighted by molar-refractivity contribution is -0.139. The van der Waals surface area contributed by atoms with E-state index in [4.69, 9.17) is 5.11 Å². The molecule has 0 saturated heterocycles. The van der Waals surface area contributed by atoms with E-state index in [9.17, 15) is 14.4 Å². The number of aromatic nitrogens is 2. The Bertz CT molecular complexity index is 536. The lowest BCUT2D eigenvalue weighted by atomic mass is 9.85. The predicted molar refractivity (Wildman–Crippen MR) is 75.7 cm³/mol. The number of carbonyl (C=O) groups is 3. The lowest BCUT2D eigenvalue weighted by Crippen LogP contribution is -2.37. The first-order chi connectivity index (χ1) is 9.71. The molecule has 1 aromatic heterocycles. The van der Waals surface area contributed by atoms with E-state index in [-0.39, 0.29) is 12.8 Å². The van der Waals surface area contributed by atoms with E-state index in [1.165, 1.54) is 6.20 Å². The summed E-state index contributed by atoms with van der Waals surface area (Å²) in [6, 6.07) is -0.665. The van der Waals surface area contributed by atoms with Crippen LogP contribution in [-0.2, 0) is 16.1 Å². The molecule has 0 unspecified atom stereocenters. The molecule has 0 aliphatic heterocycles. The Balaban J connectivity index is 2.47. The van der Waals surface area contributed by atoms with Gasteiger partial charge in [-0.3, -0.25) is 19.6 Å². The number of imide groups is 1. The van der Waals surface area contributed by atoms with Gasteiger partial charge in [0.1, 0.15) is 0 Å². The molecule has 1 rings (SSSR count). The van der Waals surface area contributed by atoms with Crippen LogP contribution in [0.5, 0.6) is 0 Å². The minimum atomic E-state index is -0.982. The van der Waals surface area contributed by atoms with Crippen LogP contribution in [0.15, 0.2) is 12.4 Å². The number of amides is 3. The van der Waals surface area contributed by atoms with Crippen LogP contribution < -0.4 is 10.6 Å². The number of hydrogen-bond donors (Lipinski definition) is 3. The summed E-state index contributed by atoms with van der Waals surface area (Å²) in [5.41, 5.74) is -0.240. The van der Waals surface area contributed by atoms with Crippen LogP contribution in [-0.4, -0.2) is 32.8 Å². The highest BCUT2D eigenvalue weighted by molar-refractivity contribution is 6.01.